The van der Waals surface area contributed by atoms with E-state index in [1.165, 1.54) is 16.7 Å². The van der Waals surface area contributed by atoms with Crippen molar-refractivity contribution in [2.24, 2.45) is 0 Å². The fraction of sp³-hybridized carbons (Fsp3) is 0.238. The molecule has 0 amide bonds. The fourth-order valence-electron chi connectivity index (χ4n) is 2.81. The average Bonchev–Trinajstić information content (AvgIpc) is 2.62. The van der Waals surface area contributed by atoms with Gasteiger partial charge in [0.15, 0.2) is 0 Å². The van der Waals surface area contributed by atoms with E-state index in [0.29, 0.717) is 0 Å². The van der Waals surface area contributed by atoms with Gasteiger partial charge in [0.25, 0.3) is 0 Å². The van der Waals surface area contributed by atoms with Gasteiger partial charge in [-0.05, 0) is 35.3 Å². The summed E-state index contributed by atoms with van der Waals surface area (Å²) in [5, 5.41) is 0. The first kappa shape index (κ1) is 18.3. The molecule has 2 nitrogen and oxygen atoms in total. The van der Waals surface area contributed by atoms with Gasteiger partial charge in [-0.2, -0.15) is 0 Å². The molecule has 0 aliphatic carbocycles. The van der Waals surface area contributed by atoms with E-state index in [4.69, 9.17) is 4.74 Å². The predicted octanol–water partition coefficient (Wildman–Crippen LogP) is 4.96. The summed E-state index contributed by atoms with van der Waals surface area (Å²) in [6, 6.07) is 18.8. The number of ether oxygens (including phenoxy) is 1. The Morgan fingerprint density at radius 3 is 2.58 bits per heavy atom. The number of hydrogen-bond acceptors (Lipinski definition) is 2. The van der Waals surface area contributed by atoms with Crippen LogP contribution < -0.4 is 4.74 Å². The van der Waals surface area contributed by atoms with E-state index in [1.54, 1.807) is 7.11 Å². The van der Waals surface area contributed by atoms with Gasteiger partial charge in [-0.1, -0.05) is 60.7 Å². The molecular formula is C21H24ClNO. The molecular weight excluding hydrogens is 318 g/mol. The Labute approximate surface area is 150 Å². The molecule has 1 aliphatic heterocycles. The summed E-state index contributed by atoms with van der Waals surface area (Å²) >= 11 is 0. The van der Waals surface area contributed by atoms with Crippen molar-refractivity contribution in [1.82, 2.24) is 4.90 Å². The minimum Gasteiger partial charge on any atom is -0.497 e. The summed E-state index contributed by atoms with van der Waals surface area (Å²) in [5.41, 5.74) is 3.98. The second-order valence-electron chi connectivity index (χ2n) is 5.86. The highest BCUT2D eigenvalue weighted by Crippen LogP contribution is 2.18. The second-order valence-corrected chi connectivity index (χ2v) is 5.86. The zero-order valence-corrected chi connectivity index (χ0v) is 14.8. The van der Waals surface area contributed by atoms with Crippen molar-refractivity contribution in [2.45, 2.75) is 13.0 Å². The number of nitrogens with zero attached hydrogens (tertiary/aromatic N) is 1. The summed E-state index contributed by atoms with van der Waals surface area (Å²) < 4.78 is 5.26. The van der Waals surface area contributed by atoms with E-state index < -0.39 is 0 Å². The zero-order chi connectivity index (χ0) is 15.9. The normalized spacial score (nSPS) is 15.0. The number of methoxy groups -OCH3 is 1. The van der Waals surface area contributed by atoms with Crippen LogP contribution in [0.4, 0.5) is 0 Å². The van der Waals surface area contributed by atoms with Crippen LogP contribution in [-0.4, -0.2) is 25.1 Å². The van der Waals surface area contributed by atoms with E-state index in [9.17, 15) is 0 Å². The van der Waals surface area contributed by atoms with Gasteiger partial charge >= 0.3 is 0 Å². The van der Waals surface area contributed by atoms with E-state index >= 15 is 0 Å². The van der Waals surface area contributed by atoms with Crippen molar-refractivity contribution in [3.8, 4) is 5.75 Å². The van der Waals surface area contributed by atoms with Crippen molar-refractivity contribution in [3.63, 3.8) is 0 Å². The number of allylic oxidation sites excluding steroid dienone is 1. The summed E-state index contributed by atoms with van der Waals surface area (Å²) in [6.07, 6.45) is 7.84. The second kappa shape index (κ2) is 9.31. The third kappa shape index (κ3) is 5.26. The lowest BCUT2D eigenvalue weighted by molar-refractivity contribution is 0.287. The molecule has 0 radical (unpaired) electrons. The smallest absolute Gasteiger partial charge is 0.119 e. The van der Waals surface area contributed by atoms with Crippen molar-refractivity contribution in [3.05, 3.63) is 83.4 Å². The summed E-state index contributed by atoms with van der Waals surface area (Å²) in [5.74, 6) is 0.902. The van der Waals surface area contributed by atoms with Crippen molar-refractivity contribution < 1.29 is 4.74 Å². The highest BCUT2D eigenvalue weighted by Gasteiger charge is 2.10. The van der Waals surface area contributed by atoms with Gasteiger partial charge in [0.05, 0.1) is 7.11 Å². The topological polar surface area (TPSA) is 12.5 Å². The van der Waals surface area contributed by atoms with Crippen molar-refractivity contribution in [1.29, 1.82) is 0 Å². The quantitative estimate of drug-likeness (QED) is 0.762. The van der Waals surface area contributed by atoms with Crippen LogP contribution >= 0.6 is 12.4 Å². The summed E-state index contributed by atoms with van der Waals surface area (Å²) in [6.45, 7) is 3.17. The van der Waals surface area contributed by atoms with E-state index in [0.717, 1.165) is 31.8 Å². The number of benzene rings is 2. The molecule has 0 N–H and O–H groups in total. The molecule has 0 atom stereocenters. The SMILES string of the molecule is COc1cccc(/C=C/C2=CCN(Cc3ccccc3)CC2)c1.Cl. The van der Waals surface area contributed by atoms with Crippen molar-refractivity contribution in [2.75, 3.05) is 20.2 Å². The van der Waals surface area contributed by atoms with Crippen LogP contribution in [0.1, 0.15) is 17.5 Å². The molecule has 3 heteroatoms. The lowest BCUT2D eigenvalue weighted by Gasteiger charge is -2.25. The highest BCUT2D eigenvalue weighted by molar-refractivity contribution is 5.85. The Kier molecular flexibility index (Phi) is 7.10. The summed E-state index contributed by atoms with van der Waals surface area (Å²) in [7, 11) is 1.70. The number of hydrogen-bond donors (Lipinski definition) is 0. The monoisotopic (exact) mass is 341 g/mol. The molecule has 0 fully saturated rings. The summed E-state index contributed by atoms with van der Waals surface area (Å²) in [4.78, 5) is 2.48. The first-order chi connectivity index (χ1) is 11.3. The minimum absolute atomic E-state index is 0. The lowest BCUT2D eigenvalue weighted by atomic mass is 10.1. The largest absolute Gasteiger partial charge is 0.497 e. The first-order valence-electron chi connectivity index (χ1n) is 8.11. The zero-order valence-electron chi connectivity index (χ0n) is 14.0. The number of rotatable bonds is 5. The van der Waals surface area contributed by atoms with Gasteiger partial charge in [0.2, 0.25) is 0 Å². The fourth-order valence-corrected chi connectivity index (χ4v) is 2.81. The molecule has 126 valence electrons. The van der Waals surface area contributed by atoms with E-state index in [-0.39, 0.29) is 12.4 Å². The highest BCUT2D eigenvalue weighted by atomic mass is 35.5. The molecule has 0 saturated carbocycles. The van der Waals surface area contributed by atoms with Gasteiger partial charge in [0.1, 0.15) is 5.75 Å². The first-order valence-corrected chi connectivity index (χ1v) is 8.11. The number of halogens is 1. The molecule has 1 aliphatic rings. The maximum Gasteiger partial charge on any atom is 0.119 e. The third-order valence-electron chi connectivity index (χ3n) is 4.16. The van der Waals surface area contributed by atoms with Crippen LogP contribution in [0, 0.1) is 0 Å². The molecule has 0 saturated heterocycles. The van der Waals surface area contributed by atoms with Gasteiger partial charge in [-0.25, -0.2) is 0 Å². The maximum atomic E-state index is 5.26. The van der Waals surface area contributed by atoms with Crippen LogP contribution in [0.5, 0.6) is 5.75 Å². The molecule has 2 aromatic rings. The van der Waals surface area contributed by atoms with Gasteiger partial charge < -0.3 is 4.74 Å². The Bertz CT molecular complexity index is 694. The molecule has 1 heterocycles. The molecule has 0 unspecified atom stereocenters. The molecule has 24 heavy (non-hydrogen) atoms. The van der Waals surface area contributed by atoms with E-state index in [1.807, 2.05) is 12.1 Å². The van der Waals surface area contributed by atoms with Crippen LogP contribution in [0.15, 0.2) is 72.3 Å². The lowest BCUT2D eigenvalue weighted by Crippen LogP contribution is -2.27. The standard InChI is InChI=1S/C21H23NO.ClH/c1-23-21-9-5-8-19(16-21)11-10-18-12-14-22(15-13-18)17-20-6-3-2-4-7-20;/h2-12,16H,13-15,17H2,1H3;1H/b11-10+;. The van der Waals surface area contributed by atoms with Gasteiger partial charge in [-0.15, -0.1) is 12.4 Å². The van der Waals surface area contributed by atoms with Crippen LogP contribution in [-0.2, 0) is 6.54 Å². The van der Waals surface area contributed by atoms with Gasteiger partial charge in [0, 0.05) is 19.6 Å². The molecule has 2 aromatic carbocycles. The molecule has 0 aromatic heterocycles. The van der Waals surface area contributed by atoms with E-state index in [2.05, 4.69) is 65.6 Å². The van der Waals surface area contributed by atoms with Gasteiger partial charge in [-0.3, -0.25) is 4.90 Å². The van der Waals surface area contributed by atoms with Crippen LogP contribution in [0.3, 0.4) is 0 Å². The minimum atomic E-state index is 0. The Hall–Kier alpha value is -2.03. The molecule has 0 spiro atoms. The molecule has 3 rings (SSSR count). The predicted molar refractivity (Wildman–Crippen MR) is 104 cm³/mol. The van der Waals surface area contributed by atoms with Crippen molar-refractivity contribution >= 4 is 18.5 Å². The van der Waals surface area contributed by atoms with Crippen LogP contribution in [0.25, 0.3) is 6.08 Å². The third-order valence-corrected chi connectivity index (χ3v) is 4.16. The Morgan fingerprint density at radius 2 is 1.88 bits per heavy atom. The van der Waals surface area contributed by atoms with Crippen LogP contribution in [0.2, 0.25) is 0 Å². The molecule has 0 bridgehead atoms. The Morgan fingerprint density at radius 1 is 1.04 bits per heavy atom. The Balaban J connectivity index is 0.00000208. The maximum absolute atomic E-state index is 5.26. The average molecular weight is 342 g/mol.